The van der Waals surface area contributed by atoms with Crippen LogP contribution in [-0.4, -0.2) is 51.3 Å². The smallest absolute Gasteiger partial charge is 0.283 e. The first kappa shape index (κ1) is 25.2. The van der Waals surface area contributed by atoms with E-state index in [0.717, 1.165) is 43.3 Å². The largest absolute Gasteiger partial charge is 0.495 e. The van der Waals surface area contributed by atoms with Gasteiger partial charge in [-0.05, 0) is 48.9 Å². The maximum Gasteiger partial charge on any atom is 0.283 e. The van der Waals surface area contributed by atoms with Gasteiger partial charge >= 0.3 is 0 Å². The Balaban J connectivity index is 1.26. The van der Waals surface area contributed by atoms with E-state index in [1.54, 1.807) is 11.7 Å². The number of nitrogens with one attached hydrogen (secondary N) is 1. The molecule has 1 fully saturated rings. The average molecular weight is 539 g/mol. The standard InChI is InChI=1S/C31H30N4O3S/c1-38-26-14-8-7-13-25(26)35-30(37)29-28(23-11-5-6-12-24(23)32-29)33-31(35)39-20-27(36)34-17-15-22(16-18-34)19-21-9-3-2-4-10-21/h2-14,22,32H,15-20H2,1H3. The SMILES string of the molecule is COc1ccccc1-n1c(SCC(=O)N2CCC(Cc3ccccc3)CC2)nc2c([nH]c3ccccc32)c1=O. The van der Waals surface area contributed by atoms with Crippen molar-refractivity contribution in [3.63, 3.8) is 0 Å². The number of thioether (sulfide) groups is 1. The van der Waals surface area contributed by atoms with Gasteiger partial charge in [-0.15, -0.1) is 0 Å². The van der Waals surface area contributed by atoms with Crippen molar-refractivity contribution in [3.05, 3.63) is 94.8 Å². The van der Waals surface area contributed by atoms with E-state index in [1.807, 2.05) is 59.5 Å². The molecule has 3 aromatic carbocycles. The number of benzene rings is 3. The van der Waals surface area contributed by atoms with Gasteiger partial charge in [0.25, 0.3) is 5.56 Å². The third kappa shape index (κ3) is 5.04. The lowest BCUT2D eigenvalue weighted by Gasteiger charge is -2.32. The number of carbonyl (C=O) groups is 1. The van der Waals surface area contributed by atoms with Gasteiger partial charge in [0, 0.05) is 24.0 Å². The van der Waals surface area contributed by atoms with Crippen molar-refractivity contribution < 1.29 is 9.53 Å². The normalized spacial score (nSPS) is 14.2. The highest BCUT2D eigenvalue weighted by molar-refractivity contribution is 7.99. The predicted octanol–water partition coefficient (Wildman–Crippen LogP) is 5.45. The molecular weight excluding hydrogens is 508 g/mol. The van der Waals surface area contributed by atoms with Crippen LogP contribution in [0.4, 0.5) is 0 Å². The fraction of sp³-hybridized carbons (Fsp3) is 0.258. The van der Waals surface area contributed by atoms with Crippen LogP contribution >= 0.6 is 11.8 Å². The Morgan fingerprint density at radius 1 is 1.00 bits per heavy atom. The van der Waals surface area contributed by atoms with Crippen LogP contribution in [0.25, 0.3) is 27.6 Å². The van der Waals surface area contributed by atoms with Crippen LogP contribution in [0.3, 0.4) is 0 Å². The monoisotopic (exact) mass is 538 g/mol. The second kappa shape index (κ2) is 11.0. The molecular formula is C31H30N4O3S. The van der Waals surface area contributed by atoms with Crippen LogP contribution in [0.15, 0.2) is 88.8 Å². The zero-order chi connectivity index (χ0) is 26.8. The van der Waals surface area contributed by atoms with E-state index in [2.05, 4.69) is 29.2 Å². The fourth-order valence-corrected chi connectivity index (χ4v) is 6.32. The summed E-state index contributed by atoms with van der Waals surface area (Å²) in [5.74, 6) is 1.42. The van der Waals surface area contributed by atoms with E-state index in [1.165, 1.54) is 17.3 Å². The molecule has 39 heavy (non-hydrogen) atoms. The Hall–Kier alpha value is -4.04. The Kier molecular flexibility index (Phi) is 7.11. The van der Waals surface area contributed by atoms with E-state index >= 15 is 0 Å². The van der Waals surface area contributed by atoms with E-state index < -0.39 is 0 Å². The van der Waals surface area contributed by atoms with Crippen molar-refractivity contribution in [1.29, 1.82) is 0 Å². The first-order valence-electron chi connectivity index (χ1n) is 13.2. The number of hydrogen-bond acceptors (Lipinski definition) is 5. The third-order valence-electron chi connectivity index (χ3n) is 7.48. The number of nitrogens with zero attached hydrogens (tertiary/aromatic N) is 3. The molecule has 0 unspecified atom stereocenters. The lowest BCUT2D eigenvalue weighted by atomic mass is 9.90. The summed E-state index contributed by atoms with van der Waals surface area (Å²) in [6.07, 6.45) is 3.05. The highest BCUT2D eigenvalue weighted by atomic mass is 32.2. The molecule has 198 valence electrons. The van der Waals surface area contributed by atoms with Crippen LogP contribution in [0, 0.1) is 5.92 Å². The third-order valence-corrected chi connectivity index (χ3v) is 8.40. The summed E-state index contributed by atoms with van der Waals surface area (Å²) in [7, 11) is 1.58. The molecule has 8 heteroatoms. The van der Waals surface area contributed by atoms with Crippen molar-refractivity contribution in [3.8, 4) is 11.4 Å². The summed E-state index contributed by atoms with van der Waals surface area (Å²) in [6, 6.07) is 25.7. The molecule has 0 atom stereocenters. The Morgan fingerprint density at radius 2 is 1.72 bits per heavy atom. The number of H-pyrrole nitrogens is 1. The molecule has 2 aromatic heterocycles. The summed E-state index contributed by atoms with van der Waals surface area (Å²) in [6.45, 7) is 1.51. The summed E-state index contributed by atoms with van der Waals surface area (Å²) >= 11 is 1.30. The van der Waals surface area contributed by atoms with Crippen molar-refractivity contribution >= 4 is 39.6 Å². The van der Waals surface area contributed by atoms with E-state index in [4.69, 9.17) is 9.72 Å². The molecule has 7 nitrogen and oxygen atoms in total. The second-order valence-electron chi connectivity index (χ2n) is 9.90. The number of aromatic amines is 1. The van der Waals surface area contributed by atoms with Gasteiger partial charge < -0.3 is 14.6 Å². The Morgan fingerprint density at radius 3 is 2.51 bits per heavy atom. The van der Waals surface area contributed by atoms with E-state index in [9.17, 15) is 9.59 Å². The van der Waals surface area contributed by atoms with Gasteiger partial charge in [-0.3, -0.25) is 9.59 Å². The number of para-hydroxylation sites is 3. The number of amides is 1. The van der Waals surface area contributed by atoms with Crippen molar-refractivity contribution in [2.45, 2.75) is 24.4 Å². The number of ether oxygens (including phenoxy) is 1. The van der Waals surface area contributed by atoms with Crippen LogP contribution < -0.4 is 10.3 Å². The van der Waals surface area contributed by atoms with E-state index in [0.29, 0.717) is 33.5 Å². The van der Waals surface area contributed by atoms with Gasteiger partial charge in [-0.2, -0.15) is 0 Å². The predicted molar refractivity (Wildman–Crippen MR) is 156 cm³/mol. The quantitative estimate of drug-likeness (QED) is 0.220. The lowest BCUT2D eigenvalue weighted by Crippen LogP contribution is -2.40. The highest BCUT2D eigenvalue weighted by Gasteiger charge is 2.25. The van der Waals surface area contributed by atoms with Gasteiger partial charge in [0.15, 0.2) is 5.16 Å². The molecule has 0 aliphatic carbocycles. The lowest BCUT2D eigenvalue weighted by molar-refractivity contribution is -0.129. The molecule has 1 aliphatic heterocycles. The topological polar surface area (TPSA) is 80.2 Å². The molecule has 0 spiro atoms. The first-order valence-corrected chi connectivity index (χ1v) is 14.2. The zero-order valence-electron chi connectivity index (χ0n) is 21.8. The highest BCUT2D eigenvalue weighted by Crippen LogP contribution is 2.30. The Bertz CT molecular complexity index is 1690. The minimum Gasteiger partial charge on any atom is -0.495 e. The molecule has 5 aromatic rings. The number of hydrogen-bond donors (Lipinski definition) is 1. The maximum atomic E-state index is 13.8. The minimum atomic E-state index is -0.225. The number of methoxy groups -OCH3 is 1. The summed E-state index contributed by atoms with van der Waals surface area (Å²) in [4.78, 5) is 37.2. The second-order valence-corrected chi connectivity index (χ2v) is 10.8. The number of fused-ring (bicyclic) bond motifs is 3. The molecule has 3 heterocycles. The van der Waals surface area contributed by atoms with Gasteiger partial charge in [0.2, 0.25) is 5.91 Å². The number of aromatic nitrogens is 3. The number of likely N-dealkylation sites (tertiary alicyclic amines) is 1. The van der Waals surface area contributed by atoms with Crippen molar-refractivity contribution in [2.24, 2.45) is 5.92 Å². The zero-order valence-corrected chi connectivity index (χ0v) is 22.6. The van der Waals surface area contributed by atoms with Gasteiger partial charge in [0.1, 0.15) is 16.8 Å². The number of piperidine rings is 1. The van der Waals surface area contributed by atoms with Crippen LogP contribution in [-0.2, 0) is 11.2 Å². The number of carbonyl (C=O) groups excluding carboxylic acids is 1. The molecule has 1 N–H and O–H groups in total. The van der Waals surface area contributed by atoms with Gasteiger partial charge in [0.05, 0.1) is 18.6 Å². The molecule has 0 bridgehead atoms. The van der Waals surface area contributed by atoms with Crippen molar-refractivity contribution in [2.75, 3.05) is 26.0 Å². The van der Waals surface area contributed by atoms with Crippen molar-refractivity contribution in [1.82, 2.24) is 19.4 Å². The molecule has 1 amide bonds. The first-order chi connectivity index (χ1) is 19.1. The van der Waals surface area contributed by atoms with Gasteiger partial charge in [-0.25, -0.2) is 9.55 Å². The van der Waals surface area contributed by atoms with E-state index in [-0.39, 0.29) is 17.2 Å². The molecule has 0 radical (unpaired) electrons. The summed E-state index contributed by atoms with van der Waals surface area (Å²) in [5, 5.41) is 1.35. The number of rotatable bonds is 7. The van der Waals surface area contributed by atoms with Gasteiger partial charge in [-0.1, -0.05) is 72.4 Å². The summed E-state index contributed by atoms with van der Waals surface area (Å²) in [5.41, 5.74) is 3.61. The maximum absolute atomic E-state index is 13.8. The molecule has 1 saturated heterocycles. The fourth-order valence-electron chi connectivity index (χ4n) is 5.42. The Labute approximate surface area is 230 Å². The molecule has 1 aliphatic rings. The van der Waals surface area contributed by atoms with Crippen LogP contribution in [0.5, 0.6) is 5.75 Å². The molecule has 0 saturated carbocycles. The summed E-state index contributed by atoms with van der Waals surface area (Å²) < 4.78 is 7.13. The van der Waals surface area contributed by atoms with Crippen LogP contribution in [0.2, 0.25) is 0 Å². The van der Waals surface area contributed by atoms with Crippen LogP contribution in [0.1, 0.15) is 18.4 Å². The average Bonchev–Trinajstić information content (AvgIpc) is 3.36. The molecule has 6 rings (SSSR count). The minimum absolute atomic E-state index is 0.0676.